The van der Waals surface area contributed by atoms with Gasteiger partial charge in [-0.2, -0.15) is 0 Å². The van der Waals surface area contributed by atoms with Crippen molar-refractivity contribution in [1.29, 1.82) is 0 Å². The summed E-state index contributed by atoms with van der Waals surface area (Å²) in [5, 5.41) is 3.20. The molecule has 1 fully saturated rings. The number of aryl methyl sites for hydroxylation is 3. The molecule has 1 aliphatic rings. The SMILES string of the molecule is CCCc1nc2c(c(=O)n(C3CCNC3)c(=O)n2C)n1C. The molecule has 2 aromatic heterocycles. The molecule has 21 heavy (non-hydrogen) atoms. The third-order valence-corrected chi connectivity index (χ3v) is 4.27. The molecule has 7 heteroatoms. The van der Waals surface area contributed by atoms with Crippen molar-refractivity contribution in [3.63, 3.8) is 0 Å². The number of nitrogens with one attached hydrogen (secondary N) is 1. The van der Waals surface area contributed by atoms with Crippen LogP contribution in [0.25, 0.3) is 11.2 Å². The molecular weight excluding hydrogens is 270 g/mol. The maximum absolute atomic E-state index is 12.8. The zero-order valence-electron chi connectivity index (χ0n) is 12.7. The lowest BCUT2D eigenvalue weighted by Crippen LogP contribution is -2.42. The summed E-state index contributed by atoms with van der Waals surface area (Å²) >= 11 is 0. The monoisotopic (exact) mass is 291 g/mol. The summed E-state index contributed by atoms with van der Waals surface area (Å²) in [6, 6.07) is -0.0647. The first-order chi connectivity index (χ1) is 10.1. The number of rotatable bonds is 3. The van der Waals surface area contributed by atoms with E-state index in [1.807, 2.05) is 11.6 Å². The van der Waals surface area contributed by atoms with Gasteiger partial charge in [0, 0.05) is 27.1 Å². The highest BCUT2D eigenvalue weighted by Gasteiger charge is 2.24. The predicted octanol–water partition coefficient (Wildman–Crippen LogP) is -0.0794. The summed E-state index contributed by atoms with van der Waals surface area (Å²) in [5.41, 5.74) is 0.507. The van der Waals surface area contributed by atoms with Crippen LogP contribution in [0.4, 0.5) is 0 Å². The maximum Gasteiger partial charge on any atom is 0.332 e. The minimum absolute atomic E-state index is 0.0647. The highest BCUT2D eigenvalue weighted by atomic mass is 16.2. The highest BCUT2D eigenvalue weighted by molar-refractivity contribution is 5.70. The van der Waals surface area contributed by atoms with Gasteiger partial charge in [0.2, 0.25) is 0 Å². The van der Waals surface area contributed by atoms with E-state index in [9.17, 15) is 9.59 Å². The Hall–Kier alpha value is -1.89. The van der Waals surface area contributed by atoms with Crippen LogP contribution in [0.1, 0.15) is 31.6 Å². The molecule has 1 atom stereocenters. The Kier molecular flexibility index (Phi) is 3.44. The lowest BCUT2D eigenvalue weighted by atomic mass is 10.2. The van der Waals surface area contributed by atoms with Gasteiger partial charge in [-0.1, -0.05) is 6.92 Å². The van der Waals surface area contributed by atoms with Crippen LogP contribution in [0.15, 0.2) is 9.59 Å². The molecule has 0 radical (unpaired) electrons. The Morgan fingerprint density at radius 2 is 2.05 bits per heavy atom. The fourth-order valence-corrected chi connectivity index (χ4v) is 3.08. The normalized spacial score (nSPS) is 18.7. The van der Waals surface area contributed by atoms with Crippen molar-refractivity contribution in [3.05, 3.63) is 26.7 Å². The van der Waals surface area contributed by atoms with Gasteiger partial charge in [-0.3, -0.25) is 13.9 Å². The number of hydrogen-bond acceptors (Lipinski definition) is 4. The van der Waals surface area contributed by atoms with Crippen LogP contribution < -0.4 is 16.6 Å². The molecule has 0 aromatic carbocycles. The molecule has 3 rings (SSSR count). The van der Waals surface area contributed by atoms with E-state index in [0.29, 0.717) is 17.7 Å². The van der Waals surface area contributed by atoms with Gasteiger partial charge in [-0.15, -0.1) is 0 Å². The van der Waals surface area contributed by atoms with Crippen molar-refractivity contribution in [2.45, 2.75) is 32.2 Å². The molecule has 0 spiro atoms. The van der Waals surface area contributed by atoms with Crippen LogP contribution in [0.2, 0.25) is 0 Å². The molecule has 7 nitrogen and oxygen atoms in total. The number of hydrogen-bond donors (Lipinski definition) is 1. The number of nitrogens with zero attached hydrogens (tertiary/aromatic N) is 4. The Balaban J connectivity index is 2.33. The van der Waals surface area contributed by atoms with Crippen LogP contribution in [0.5, 0.6) is 0 Å². The first-order valence-corrected chi connectivity index (χ1v) is 7.43. The van der Waals surface area contributed by atoms with Gasteiger partial charge < -0.3 is 9.88 Å². The summed E-state index contributed by atoms with van der Waals surface area (Å²) in [7, 11) is 3.54. The fourth-order valence-electron chi connectivity index (χ4n) is 3.08. The molecule has 0 amide bonds. The van der Waals surface area contributed by atoms with E-state index in [2.05, 4.69) is 17.2 Å². The molecule has 2 aromatic rings. The molecule has 3 heterocycles. The Bertz CT molecular complexity index is 792. The molecule has 1 N–H and O–H groups in total. The second-order valence-electron chi connectivity index (χ2n) is 5.67. The van der Waals surface area contributed by atoms with Crippen LogP contribution in [0, 0.1) is 0 Å². The van der Waals surface area contributed by atoms with E-state index in [4.69, 9.17) is 0 Å². The average molecular weight is 291 g/mol. The number of aromatic nitrogens is 4. The third-order valence-electron chi connectivity index (χ3n) is 4.27. The lowest BCUT2D eigenvalue weighted by Gasteiger charge is -2.13. The van der Waals surface area contributed by atoms with E-state index in [-0.39, 0.29) is 17.3 Å². The van der Waals surface area contributed by atoms with E-state index in [1.165, 1.54) is 9.13 Å². The molecule has 1 aliphatic heterocycles. The van der Waals surface area contributed by atoms with E-state index in [0.717, 1.165) is 31.6 Å². The van der Waals surface area contributed by atoms with E-state index >= 15 is 0 Å². The summed E-state index contributed by atoms with van der Waals surface area (Å²) < 4.78 is 4.72. The van der Waals surface area contributed by atoms with Gasteiger partial charge in [0.25, 0.3) is 5.56 Å². The maximum atomic E-state index is 12.8. The Morgan fingerprint density at radius 1 is 1.29 bits per heavy atom. The van der Waals surface area contributed by atoms with Crippen molar-refractivity contribution < 1.29 is 0 Å². The molecule has 0 aliphatic carbocycles. The second-order valence-corrected chi connectivity index (χ2v) is 5.67. The van der Waals surface area contributed by atoms with Gasteiger partial charge in [0.1, 0.15) is 5.82 Å². The summed E-state index contributed by atoms with van der Waals surface area (Å²) in [4.78, 5) is 29.8. The van der Waals surface area contributed by atoms with Crippen molar-refractivity contribution in [2.75, 3.05) is 13.1 Å². The number of imidazole rings is 1. The van der Waals surface area contributed by atoms with Gasteiger partial charge >= 0.3 is 5.69 Å². The molecule has 0 saturated carbocycles. The lowest BCUT2D eigenvalue weighted by molar-refractivity contribution is 0.491. The summed E-state index contributed by atoms with van der Waals surface area (Å²) in [5.74, 6) is 0.849. The van der Waals surface area contributed by atoms with Crippen molar-refractivity contribution >= 4 is 11.2 Å². The van der Waals surface area contributed by atoms with Crippen molar-refractivity contribution in [1.82, 2.24) is 24.0 Å². The minimum atomic E-state index is -0.276. The second kappa shape index (κ2) is 5.14. The van der Waals surface area contributed by atoms with E-state index < -0.39 is 0 Å². The Labute approximate surface area is 122 Å². The van der Waals surface area contributed by atoms with Crippen molar-refractivity contribution in [3.8, 4) is 0 Å². The Morgan fingerprint density at radius 3 is 2.67 bits per heavy atom. The van der Waals surface area contributed by atoms with Crippen LogP contribution in [-0.4, -0.2) is 31.8 Å². The van der Waals surface area contributed by atoms with E-state index in [1.54, 1.807) is 7.05 Å². The van der Waals surface area contributed by atoms with Crippen LogP contribution >= 0.6 is 0 Å². The topological polar surface area (TPSA) is 73.8 Å². The van der Waals surface area contributed by atoms with Crippen LogP contribution in [-0.2, 0) is 20.5 Å². The highest BCUT2D eigenvalue weighted by Crippen LogP contribution is 2.14. The molecule has 1 unspecified atom stereocenters. The smallest absolute Gasteiger partial charge is 0.325 e. The predicted molar refractivity (Wildman–Crippen MR) is 80.7 cm³/mol. The van der Waals surface area contributed by atoms with Gasteiger partial charge in [0.05, 0.1) is 6.04 Å². The molecular formula is C14H21N5O2. The van der Waals surface area contributed by atoms with Gasteiger partial charge in [0.15, 0.2) is 11.2 Å². The largest absolute Gasteiger partial charge is 0.332 e. The standard InChI is InChI=1S/C14H21N5O2/c1-4-5-10-16-12-11(17(10)2)13(20)19(14(21)18(12)3)9-6-7-15-8-9/h9,15H,4-8H2,1-3H3. The minimum Gasteiger partial charge on any atom is -0.325 e. The summed E-state index contributed by atoms with van der Waals surface area (Å²) in [6.07, 6.45) is 2.55. The average Bonchev–Trinajstić information content (AvgIpc) is 3.07. The first kappa shape index (κ1) is 14.1. The number of fused-ring (bicyclic) bond motifs is 1. The summed E-state index contributed by atoms with van der Waals surface area (Å²) in [6.45, 7) is 3.58. The first-order valence-electron chi connectivity index (χ1n) is 7.43. The molecule has 114 valence electrons. The van der Waals surface area contributed by atoms with Gasteiger partial charge in [-0.05, 0) is 19.4 Å². The molecule has 0 bridgehead atoms. The third kappa shape index (κ3) is 2.03. The van der Waals surface area contributed by atoms with Gasteiger partial charge in [-0.25, -0.2) is 9.78 Å². The quantitative estimate of drug-likeness (QED) is 0.858. The van der Waals surface area contributed by atoms with Crippen molar-refractivity contribution in [2.24, 2.45) is 14.1 Å². The zero-order chi connectivity index (χ0) is 15.1. The fraction of sp³-hybridized carbons (Fsp3) is 0.643. The molecule has 1 saturated heterocycles. The zero-order valence-corrected chi connectivity index (χ0v) is 12.7. The van der Waals surface area contributed by atoms with Crippen LogP contribution in [0.3, 0.4) is 0 Å².